The molecule has 0 aliphatic carbocycles. The van der Waals surface area contributed by atoms with Crippen molar-refractivity contribution in [3.8, 4) is 0 Å². The minimum Gasteiger partial charge on any atom is -0.375 e. The van der Waals surface area contributed by atoms with E-state index in [1.54, 1.807) is 0 Å². The molecule has 0 spiro atoms. The van der Waals surface area contributed by atoms with Crippen molar-refractivity contribution in [3.63, 3.8) is 0 Å². The Kier molecular flexibility index (Phi) is 3.86. The lowest BCUT2D eigenvalue weighted by Crippen LogP contribution is -2.14. The Bertz CT molecular complexity index is 451. The summed E-state index contributed by atoms with van der Waals surface area (Å²) < 4.78 is 5.58. The summed E-state index contributed by atoms with van der Waals surface area (Å²) in [5, 5.41) is 4.23. The van der Waals surface area contributed by atoms with E-state index in [-0.39, 0.29) is 0 Å². The molecule has 16 heavy (non-hydrogen) atoms. The van der Waals surface area contributed by atoms with Crippen LogP contribution >= 0.6 is 0 Å². The van der Waals surface area contributed by atoms with Crippen molar-refractivity contribution in [1.82, 2.24) is 10.3 Å². The number of pyridine rings is 1. The van der Waals surface area contributed by atoms with Crippen molar-refractivity contribution in [3.05, 3.63) is 42.1 Å². The van der Waals surface area contributed by atoms with Crippen LogP contribution in [-0.4, -0.2) is 25.2 Å². The fraction of sp³-hybridized carbons (Fsp3) is 0.308. The van der Waals surface area contributed by atoms with Gasteiger partial charge in [0.1, 0.15) is 0 Å². The van der Waals surface area contributed by atoms with Crippen molar-refractivity contribution in [1.29, 1.82) is 0 Å². The molecule has 1 heterocycles. The van der Waals surface area contributed by atoms with Crippen LogP contribution in [0.25, 0.3) is 10.9 Å². The molecule has 84 valence electrons. The first-order valence-corrected chi connectivity index (χ1v) is 5.47. The molecule has 0 unspecified atom stereocenters. The average molecular weight is 216 g/mol. The highest BCUT2D eigenvalue weighted by molar-refractivity contribution is 5.81. The van der Waals surface area contributed by atoms with E-state index in [0.29, 0.717) is 6.61 Å². The van der Waals surface area contributed by atoms with Crippen LogP contribution in [0.4, 0.5) is 0 Å². The number of ether oxygens (including phenoxy) is 1. The molecular weight excluding hydrogens is 200 g/mol. The molecule has 3 nitrogen and oxygen atoms in total. The van der Waals surface area contributed by atoms with Crippen molar-refractivity contribution in [2.45, 2.75) is 6.61 Å². The molecule has 0 aliphatic rings. The second kappa shape index (κ2) is 5.58. The molecular formula is C13H16N2O. The van der Waals surface area contributed by atoms with Crippen molar-refractivity contribution in [2.75, 3.05) is 20.2 Å². The summed E-state index contributed by atoms with van der Waals surface area (Å²) in [5.41, 5.74) is 2.22. The van der Waals surface area contributed by atoms with Crippen LogP contribution in [0.1, 0.15) is 5.56 Å². The van der Waals surface area contributed by atoms with Gasteiger partial charge in [-0.2, -0.15) is 0 Å². The van der Waals surface area contributed by atoms with Gasteiger partial charge in [-0.05, 0) is 24.7 Å². The minimum absolute atomic E-state index is 0.644. The van der Waals surface area contributed by atoms with E-state index in [9.17, 15) is 0 Å². The molecule has 2 rings (SSSR count). The minimum atomic E-state index is 0.644. The third-order valence-electron chi connectivity index (χ3n) is 2.49. The summed E-state index contributed by atoms with van der Waals surface area (Å²) in [4.78, 5) is 4.32. The molecule has 3 heteroatoms. The lowest BCUT2D eigenvalue weighted by Gasteiger charge is -2.06. The summed E-state index contributed by atoms with van der Waals surface area (Å²) in [5.74, 6) is 0. The summed E-state index contributed by atoms with van der Waals surface area (Å²) in [6.45, 7) is 2.25. The van der Waals surface area contributed by atoms with Crippen LogP contribution in [0.3, 0.4) is 0 Å². The summed E-state index contributed by atoms with van der Waals surface area (Å²) in [7, 11) is 1.92. The van der Waals surface area contributed by atoms with Crippen LogP contribution in [0.2, 0.25) is 0 Å². The molecule has 0 amide bonds. The van der Waals surface area contributed by atoms with Gasteiger partial charge < -0.3 is 10.1 Å². The van der Waals surface area contributed by atoms with Gasteiger partial charge in [0.05, 0.1) is 18.7 Å². The molecule has 2 aromatic rings. The maximum atomic E-state index is 5.58. The first-order valence-electron chi connectivity index (χ1n) is 5.47. The van der Waals surface area contributed by atoms with E-state index in [1.807, 2.05) is 37.5 Å². The van der Waals surface area contributed by atoms with E-state index in [1.165, 1.54) is 10.9 Å². The highest BCUT2D eigenvalue weighted by Gasteiger charge is 2.00. The zero-order valence-electron chi connectivity index (χ0n) is 9.44. The Hall–Kier alpha value is -1.45. The molecule has 0 saturated carbocycles. The zero-order chi connectivity index (χ0) is 11.2. The normalized spacial score (nSPS) is 10.8. The summed E-state index contributed by atoms with van der Waals surface area (Å²) in [6.07, 6.45) is 1.83. The largest absolute Gasteiger partial charge is 0.375 e. The van der Waals surface area contributed by atoms with Gasteiger partial charge in [-0.3, -0.25) is 4.98 Å². The highest BCUT2D eigenvalue weighted by Crippen LogP contribution is 2.16. The number of benzene rings is 1. The SMILES string of the molecule is CNCCOCc1ccnc2ccccc12. The molecule has 0 radical (unpaired) electrons. The quantitative estimate of drug-likeness (QED) is 0.776. The highest BCUT2D eigenvalue weighted by atomic mass is 16.5. The smallest absolute Gasteiger partial charge is 0.0724 e. The average Bonchev–Trinajstić information content (AvgIpc) is 2.35. The van der Waals surface area contributed by atoms with Gasteiger partial charge in [-0.15, -0.1) is 0 Å². The van der Waals surface area contributed by atoms with E-state index in [0.717, 1.165) is 18.7 Å². The second-order valence-corrected chi connectivity index (χ2v) is 3.64. The van der Waals surface area contributed by atoms with Gasteiger partial charge in [0.15, 0.2) is 0 Å². The summed E-state index contributed by atoms with van der Waals surface area (Å²) >= 11 is 0. The number of fused-ring (bicyclic) bond motifs is 1. The molecule has 0 atom stereocenters. The lowest BCUT2D eigenvalue weighted by molar-refractivity contribution is 0.125. The molecule has 0 fully saturated rings. The summed E-state index contributed by atoms with van der Waals surface area (Å²) in [6, 6.07) is 10.1. The van der Waals surface area contributed by atoms with Gasteiger partial charge in [0, 0.05) is 18.1 Å². The number of nitrogens with one attached hydrogen (secondary N) is 1. The second-order valence-electron chi connectivity index (χ2n) is 3.64. The topological polar surface area (TPSA) is 34.1 Å². The first kappa shape index (κ1) is 11.0. The standard InChI is InChI=1S/C13H16N2O/c1-14-8-9-16-10-11-6-7-15-13-5-3-2-4-12(11)13/h2-7,14H,8-10H2,1H3. The molecule has 1 aromatic heterocycles. The molecule has 1 aromatic carbocycles. The molecule has 1 N–H and O–H groups in total. The number of aromatic nitrogens is 1. The molecule has 0 aliphatic heterocycles. The van der Waals surface area contributed by atoms with Crippen LogP contribution < -0.4 is 5.32 Å². The Morgan fingerprint density at radius 1 is 1.25 bits per heavy atom. The predicted molar refractivity (Wildman–Crippen MR) is 65.3 cm³/mol. The van der Waals surface area contributed by atoms with Crippen LogP contribution in [0.5, 0.6) is 0 Å². The zero-order valence-corrected chi connectivity index (χ0v) is 9.44. The Balaban J connectivity index is 2.11. The van der Waals surface area contributed by atoms with E-state index >= 15 is 0 Å². The van der Waals surface area contributed by atoms with Crippen molar-refractivity contribution >= 4 is 10.9 Å². The Morgan fingerprint density at radius 2 is 2.12 bits per heavy atom. The van der Waals surface area contributed by atoms with Gasteiger partial charge in [-0.1, -0.05) is 18.2 Å². The fourth-order valence-electron chi connectivity index (χ4n) is 1.64. The van der Waals surface area contributed by atoms with Gasteiger partial charge >= 0.3 is 0 Å². The number of likely N-dealkylation sites (N-methyl/N-ethyl adjacent to an activating group) is 1. The monoisotopic (exact) mass is 216 g/mol. The Labute approximate surface area is 95.5 Å². The predicted octanol–water partition coefficient (Wildman–Crippen LogP) is 1.97. The number of rotatable bonds is 5. The van der Waals surface area contributed by atoms with Gasteiger partial charge in [0.2, 0.25) is 0 Å². The van der Waals surface area contributed by atoms with Gasteiger partial charge in [-0.25, -0.2) is 0 Å². The maximum Gasteiger partial charge on any atom is 0.0724 e. The number of para-hydroxylation sites is 1. The molecule has 0 bridgehead atoms. The Morgan fingerprint density at radius 3 is 3.00 bits per heavy atom. The van der Waals surface area contributed by atoms with E-state index in [2.05, 4.69) is 16.4 Å². The maximum absolute atomic E-state index is 5.58. The van der Waals surface area contributed by atoms with Gasteiger partial charge in [0.25, 0.3) is 0 Å². The van der Waals surface area contributed by atoms with Crippen LogP contribution in [0, 0.1) is 0 Å². The van der Waals surface area contributed by atoms with Crippen LogP contribution in [-0.2, 0) is 11.3 Å². The van der Waals surface area contributed by atoms with E-state index in [4.69, 9.17) is 4.74 Å². The molecule has 0 saturated heterocycles. The number of hydrogen-bond donors (Lipinski definition) is 1. The third-order valence-corrected chi connectivity index (χ3v) is 2.49. The van der Waals surface area contributed by atoms with Crippen molar-refractivity contribution < 1.29 is 4.74 Å². The third kappa shape index (κ3) is 2.56. The van der Waals surface area contributed by atoms with E-state index < -0.39 is 0 Å². The number of hydrogen-bond acceptors (Lipinski definition) is 3. The van der Waals surface area contributed by atoms with Crippen LogP contribution in [0.15, 0.2) is 36.5 Å². The lowest BCUT2D eigenvalue weighted by atomic mass is 10.1. The number of nitrogens with zero attached hydrogens (tertiary/aromatic N) is 1. The first-order chi connectivity index (χ1) is 7.92. The van der Waals surface area contributed by atoms with Crippen molar-refractivity contribution in [2.24, 2.45) is 0 Å². The fourth-order valence-corrected chi connectivity index (χ4v) is 1.64.